The van der Waals surface area contributed by atoms with Gasteiger partial charge in [-0.1, -0.05) is 6.58 Å². The van der Waals surface area contributed by atoms with Crippen molar-refractivity contribution in [3.8, 4) is 17.2 Å². The molecule has 0 N–H and O–H groups in total. The Bertz CT molecular complexity index is 409. The van der Waals surface area contributed by atoms with Crippen LogP contribution >= 0.6 is 0 Å². The second kappa shape index (κ2) is 4.57. The smallest absolute Gasteiger partial charge is 0.203 e. The van der Waals surface area contributed by atoms with Gasteiger partial charge in [-0.25, -0.2) is 0 Å². The van der Waals surface area contributed by atoms with Crippen LogP contribution in [0.25, 0.3) is 0 Å². The lowest BCUT2D eigenvalue weighted by molar-refractivity contribution is 0.324. The third-order valence-corrected chi connectivity index (χ3v) is 2.84. The van der Waals surface area contributed by atoms with Crippen LogP contribution in [0.1, 0.15) is 0 Å². The number of ether oxygens (including phenoxy) is 3. The van der Waals surface area contributed by atoms with Gasteiger partial charge >= 0.3 is 0 Å². The standard InChI is InChI=1S/C13H17NO3/c1-9-7-14(8-9)10-5-11(15-2)13(17-4)12(6-10)16-3/h5-6H,1,7-8H2,2-4H3. The zero-order valence-corrected chi connectivity index (χ0v) is 10.4. The predicted octanol–water partition coefficient (Wildman–Crippen LogP) is 2.09. The number of methoxy groups -OCH3 is 3. The van der Waals surface area contributed by atoms with E-state index in [1.165, 1.54) is 5.57 Å². The first-order chi connectivity index (χ1) is 8.19. The topological polar surface area (TPSA) is 30.9 Å². The Morgan fingerprint density at radius 1 is 1.00 bits per heavy atom. The highest BCUT2D eigenvalue weighted by Crippen LogP contribution is 2.42. The molecule has 0 aliphatic carbocycles. The Balaban J connectivity index is 2.38. The van der Waals surface area contributed by atoms with Gasteiger partial charge in [0.25, 0.3) is 0 Å². The predicted molar refractivity (Wildman–Crippen MR) is 67.5 cm³/mol. The fraction of sp³-hybridized carbons (Fsp3) is 0.385. The molecule has 1 fully saturated rings. The van der Waals surface area contributed by atoms with Crippen LogP contribution < -0.4 is 19.1 Å². The van der Waals surface area contributed by atoms with E-state index in [4.69, 9.17) is 14.2 Å². The maximum absolute atomic E-state index is 5.31. The Morgan fingerprint density at radius 2 is 1.53 bits per heavy atom. The van der Waals surface area contributed by atoms with Crippen molar-refractivity contribution in [3.63, 3.8) is 0 Å². The Labute approximate surface area is 101 Å². The van der Waals surface area contributed by atoms with Crippen molar-refractivity contribution in [2.45, 2.75) is 0 Å². The fourth-order valence-corrected chi connectivity index (χ4v) is 1.93. The van der Waals surface area contributed by atoms with E-state index in [1.807, 2.05) is 12.1 Å². The second-order valence-corrected chi connectivity index (χ2v) is 3.99. The van der Waals surface area contributed by atoms with Crippen molar-refractivity contribution in [2.75, 3.05) is 39.3 Å². The lowest BCUT2D eigenvalue weighted by Gasteiger charge is -2.35. The SMILES string of the molecule is C=C1CN(c2cc(OC)c(OC)c(OC)c2)C1. The summed E-state index contributed by atoms with van der Waals surface area (Å²) in [5, 5.41) is 0. The van der Waals surface area contributed by atoms with Gasteiger partial charge in [0, 0.05) is 30.9 Å². The minimum atomic E-state index is 0.623. The average Bonchev–Trinajstić information content (AvgIpc) is 2.33. The monoisotopic (exact) mass is 235 g/mol. The van der Waals surface area contributed by atoms with Crippen molar-refractivity contribution in [3.05, 3.63) is 24.3 Å². The number of nitrogens with zero attached hydrogens (tertiary/aromatic N) is 1. The summed E-state index contributed by atoms with van der Waals surface area (Å²) in [4.78, 5) is 2.20. The quantitative estimate of drug-likeness (QED) is 0.748. The second-order valence-electron chi connectivity index (χ2n) is 3.99. The van der Waals surface area contributed by atoms with E-state index in [-0.39, 0.29) is 0 Å². The van der Waals surface area contributed by atoms with Crippen LogP contribution in [-0.4, -0.2) is 34.4 Å². The molecular formula is C13H17NO3. The van der Waals surface area contributed by atoms with Gasteiger partial charge in [0.2, 0.25) is 5.75 Å². The average molecular weight is 235 g/mol. The molecule has 0 saturated carbocycles. The molecule has 2 rings (SSSR count). The molecule has 1 aromatic rings. The first-order valence-corrected chi connectivity index (χ1v) is 5.41. The number of hydrogen-bond donors (Lipinski definition) is 0. The van der Waals surface area contributed by atoms with E-state index in [2.05, 4.69) is 11.5 Å². The minimum Gasteiger partial charge on any atom is -0.493 e. The zero-order valence-electron chi connectivity index (χ0n) is 10.4. The van der Waals surface area contributed by atoms with Crippen LogP contribution in [0.4, 0.5) is 5.69 Å². The lowest BCUT2D eigenvalue weighted by Crippen LogP contribution is -2.39. The van der Waals surface area contributed by atoms with Crippen LogP contribution in [0.15, 0.2) is 24.3 Å². The number of hydrogen-bond acceptors (Lipinski definition) is 4. The molecule has 17 heavy (non-hydrogen) atoms. The summed E-state index contributed by atoms with van der Waals surface area (Å²) in [6.45, 7) is 5.70. The van der Waals surface area contributed by atoms with Gasteiger partial charge < -0.3 is 19.1 Å². The molecule has 1 aliphatic heterocycles. The fourth-order valence-electron chi connectivity index (χ4n) is 1.93. The van der Waals surface area contributed by atoms with Gasteiger partial charge in [-0.05, 0) is 5.57 Å². The molecule has 1 aliphatic rings. The molecule has 1 saturated heterocycles. The summed E-state index contributed by atoms with van der Waals surface area (Å²) >= 11 is 0. The Kier molecular flexibility index (Phi) is 3.13. The first-order valence-electron chi connectivity index (χ1n) is 5.41. The normalized spacial score (nSPS) is 14.3. The third-order valence-electron chi connectivity index (χ3n) is 2.84. The van der Waals surface area contributed by atoms with Crippen LogP contribution in [0.2, 0.25) is 0 Å². The molecule has 0 aromatic heterocycles. The van der Waals surface area contributed by atoms with E-state index in [9.17, 15) is 0 Å². The Morgan fingerprint density at radius 3 is 1.88 bits per heavy atom. The van der Waals surface area contributed by atoms with Gasteiger partial charge in [0.05, 0.1) is 21.3 Å². The molecule has 1 heterocycles. The maximum Gasteiger partial charge on any atom is 0.203 e. The number of anilines is 1. The highest BCUT2D eigenvalue weighted by Gasteiger charge is 2.22. The summed E-state index contributed by atoms with van der Waals surface area (Å²) in [7, 11) is 4.84. The number of benzene rings is 1. The van der Waals surface area contributed by atoms with Crippen LogP contribution in [0, 0.1) is 0 Å². The van der Waals surface area contributed by atoms with Crippen molar-refractivity contribution < 1.29 is 14.2 Å². The van der Waals surface area contributed by atoms with Crippen LogP contribution in [0.3, 0.4) is 0 Å². The van der Waals surface area contributed by atoms with E-state index < -0.39 is 0 Å². The molecule has 0 atom stereocenters. The third kappa shape index (κ3) is 2.02. The summed E-state index contributed by atoms with van der Waals surface area (Å²) in [6.07, 6.45) is 0. The zero-order chi connectivity index (χ0) is 12.4. The summed E-state index contributed by atoms with van der Waals surface area (Å²) in [6, 6.07) is 3.90. The van der Waals surface area contributed by atoms with Crippen LogP contribution in [0.5, 0.6) is 17.2 Å². The molecule has 1 aromatic carbocycles. The summed E-state index contributed by atoms with van der Waals surface area (Å²) in [5.41, 5.74) is 2.30. The van der Waals surface area contributed by atoms with Gasteiger partial charge in [0.1, 0.15) is 0 Å². The lowest BCUT2D eigenvalue weighted by atomic mass is 10.1. The summed E-state index contributed by atoms with van der Waals surface area (Å²) in [5.74, 6) is 1.98. The molecule has 0 amide bonds. The molecule has 0 bridgehead atoms. The van der Waals surface area contributed by atoms with Crippen molar-refractivity contribution >= 4 is 5.69 Å². The Hall–Kier alpha value is -1.84. The van der Waals surface area contributed by atoms with Crippen molar-refractivity contribution in [2.24, 2.45) is 0 Å². The van der Waals surface area contributed by atoms with Gasteiger partial charge in [-0.2, -0.15) is 0 Å². The number of rotatable bonds is 4. The van der Waals surface area contributed by atoms with Gasteiger partial charge in [-0.3, -0.25) is 0 Å². The molecule has 0 radical (unpaired) electrons. The highest BCUT2D eigenvalue weighted by molar-refractivity contribution is 5.65. The van der Waals surface area contributed by atoms with E-state index in [1.54, 1.807) is 21.3 Å². The first kappa shape index (κ1) is 11.6. The van der Waals surface area contributed by atoms with E-state index in [0.717, 1.165) is 18.8 Å². The van der Waals surface area contributed by atoms with Gasteiger partial charge in [-0.15, -0.1) is 0 Å². The van der Waals surface area contributed by atoms with E-state index >= 15 is 0 Å². The molecular weight excluding hydrogens is 218 g/mol. The molecule has 4 heteroatoms. The van der Waals surface area contributed by atoms with Crippen molar-refractivity contribution in [1.82, 2.24) is 0 Å². The van der Waals surface area contributed by atoms with E-state index in [0.29, 0.717) is 17.2 Å². The molecule has 4 nitrogen and oxygen atoms in total. The van der Waals surface area contributed by atoms with Gasteiger partial charge in [0.15, 0.2) is 11.5 Å². The largest absolute Gasteiger partial charge is 0.493 e. The van der Waals surface area contributed by atoms with Crippen molar-refractivity contribution in [1.29, 1.82) is 0 Å². The molecule has 92 valence electrons. The molecule has 0 unspecified atom stereocenters. The molecule has 0 spiro atoms. The minimum absolute atomic E-state index is 0.623. The maximum atomic E-state index is 5.31. The van der Waals surface area contributed by atoms with Crippen LogP contribution in [-0.2, 0) is 0 Å². The highest BCUT2D eigenvalue weighted by atomic mass is 16.5. The summed E-state index contributed by atoms with van der Waals surface area (Å²) < 4.78 is 15.9.